The highest BCUT2D eigenvalue weighted by Crippen LogP contribution is 2.31. The van der Waals surface area contributed by atoms with Crippen molar-refractivity contribution >= 4 is 40.2 Å². The molecule has 0 saturated carbocycles. The quantitative estimate of drug-likeness (QED) is 0.328. The van der Waals surface area contributed by atoms with E-state index >= 15 is 0 Å². The van der Waals surface area contributed by atoms with Crippen molar-refractivity contribution in [3.8, 4) is 11.4 Å². The molecule has 4 aromatic rings. The number of imidazole rings is 1. The maximum Gasteiger partial charge on any atom is 0.338 e. The van der Waals surface area contributed by atoms with Gasteiger partial charge in [-0.2, -0.15) is 0 Å². The average Bonchev–Trinajstić information content (AvgIpc) is 3.08. The van der Waals surface area contributed by atoms with Crippen LogP contribution in [0, 0.1) is 0 Å². The molecule has 0 N–H and O–H groups in total. The summed E-state index contributed by atoms with van der Waals surface area (Å²) in [4.78, 5) is 17.2. The van der Waals surface area contributed by atoms with Gasteiger partial charge in [-0.05, 0) is 55.8 Å². The molecule has 0 aliphatic carbocycles. The first-order chi connectivity index (χ1) is 14.4. The largest absolute Gasteiger partial charge is 0.459 e. The molecule has 0 aliphatic rings. The van der Waals surface area contributed by atoms with Gasteiger partial charge in [-0.1, -0.05) is 53.5 Å². The molecule has 0 saturated heterocycles. The van der Waals surface area contributed by atoms with Gasteiger partial charge in [-0.25, -0.2) is 9.78 Å². The summed E-state index contributed by atoms with van der Waals surface area (Å²) < 4.78 is 7.44. The van der Waals surface area contributed by atoms with Crippen molar-refractivity contribution in [2.24, 2.45) is 0 Å². The van der Waals surface area contributed by atoms with E-state index in [-0.39, 0.29) is 12.1 Å². The summed E-state index contributed by atoms with van der Waals surface area (Å²) in [6, 6.07) is 21.0. The molecule has 0 unspecified atom stereocenters. The van der Waals surface area contributed by atoms with E-state index in [0.29, 0.717) is 27.7 Å². The molecule has 0 radical (unpaired) electrons. The van der Waals surface area contributed by atoms with Crippen molar-refractivity contribution in [1.82, 2.24) is 9.55 Å². The van der Waals surface area contributed by atoms with E-state index in [2.05, 4.69) is 16.7 Å². The molecule has 0 fully saturated rings. The first-order valence-corrected chi connectivity index (χ1v) is 10.4. The second-order valence-corrected chi connectivity index (χ2v) is 8.11. The lowest BCUT2D eigenvalue weighted by molar-refractivity contribution is 0.0378. The van der Waals surface area contributed by atoms with Crippen LogP contribution in [0.4, 0.5) is 0 Å². The number of nitrogens with zero attached hydrogens (tertiary/aromatic N) is 2. The number of hydrogen-bond donors (Lipinski definition) is 0. The first kappa shape index (κ1) is 20.5. The van der Waals surface area contributed by atoms with Gasteiger partial charge in [-0.15, -0.1) is 0 Å². The summed E-state index contributed by atoms with van der Waals surface area (Å²) in [5.74, 6) is 0.391. The highest BCUT2D eigenvalue weighted by atomic mass is 35.5. The Morgan fingerprint density at radius 2 is 1.77 bits per heavy atom. The maximum atomic E-state index is 12.3. The number of carbonyl (C=O) groups excluding carboxylic acids is 1. The van der Waals surface area contributed by atoms with Crippen molar-refractivity contribution < 1.29 is 9.53 Å². The summed E-state index contributed by atoms with van der Waals surface area (Å²) in [5, 5.41) is 0.957. The summed E-state index contributed by atoms with van der Waals surface area (Å²) >= 11 is 12.4. The van der Waals surface area contributed by atoms with Crippen molar-refractivity contribution in [3.05, 3.63) is 87.9 Å². The van der Waals surface area contributed by atoms with Crippen LogP contribution >= 0.6 is 23.2 Å². The van der Waals surface area contributed by atoms with Crippen LogP contribution in [0.2, 0.25) is 10.0 Å². The molecule has 1 heterocycles. The van der Waals surface area contributed by atoms with E-state index in [1.54, 1.807) is 24.3 Å². The predicted octanol–water partition coefficient (Wildman–Crippen LogP) is 6.62. The minimum Gasteiger partial charge on any atom is -0.459 e. The topological polar surface area (TPSA) is 44.1 Å². The van der Waals surface area contributed by atoms with Gasteiger partial charge >= 0.3 is 5.97 Å². The van der Waals surface area contributed by atoms with Crippen molar-refractivity contribution in [1.29, 1.82) is 0 Å². The fourth-order valence-electron chi connectivity index (χ4n) is 3.32. The van der Waals surface area contributed by atoms with Crippen LogP contribution in [0.3, 0.4) is 0 Å². The molecule has 6 heteroatoms. The highest BCUT2D eigenvalue weighted by Gasteiger charge is 2.17. The molecule has 30 heavy (non-hydrogen) atoms. The lowest BCUT2D eigenvalue weighted by Crippen LogP contribution is -2.11. The Hall–Kier alpha value is -2.82. The normalized spacial score (nSPS) is 11.2. The average molecular weight is 439 g/mol. The maximum absolute atomic E-state index is 12.3. The third-order valence-electron chi connectivity index (χ3n) is 4.69. The Morgan fingerprint density at radius 3 is 2.47 bits per heavy atom. The molecule has 0 aliphatic heterocycles. The lowest BCUT2D eigenvalue weighted by atomic mass is 10.1. The number of ether oxygens (including phenoxy) is 1. The van der Waals surface area contributed by atoms with Gasteiger partial charge < -0.3 is 9.30 Å². The van der Waals surface area contributed by atoms with Crippen LogP contribution in [-0.4, -0.2) is 21.6 Å². The van der Waals surface area contributed by atoms with E-state index in [9.17, 15) is 4.79 Å². The van der Waals surface area contributed by atoms with Gasteiger partial charge in [0.25, 0.3) is 0 Å². The number of rotatable bonds is 5. The standard InChI is InChI=1S/C24H20Cl2N2O2/c1-15(2)30-24(29)18-9-11-22-21(13-18)27-23(17-8-10-19(25)20(26)12-17)28(22)14-16-6-4-3-5-7-16/h3-13,15H,14H2,1-2H3. The first-order valence-electron chi connectivity index (χ1n) is 9.63. The summed E-state index contributed by atoms with van der Waals surface area (Å²) in [6.07, 6.45) is -0.185. The van der Waals surface area contributed by atoms with Gasteiger partial charge in [0.05, 0.1) is 32.7 Å². The Labute approximate surface area is 185 Å². The molecule has 0 atom stereocenters. The molecule has 0 amide bonds. The minimum absolute atomic E-state index is 0.185. The van der Waals surface area contributed by atoms with Crippen LogP contribution in [-0.2, 0) is 11.3 Å². The molecule has 0 spiro atoms. The Bertz CT molecular complexity index is 1220. The molecule has 3 aromatic carbocycles. The monoisotopic (exact) mass is 438 g/mol. The summed E-state index contributed by atoms with van der Waals surface area (Å²) in [7, 11) is 0. The summed E-state index contributed by atoms with van der Waals surface area (Å²) in [6.45, 7) is 4.28. The molecule has 4 nitrogen and oxygen atoms in total. The molecular weight excluding hydrogens is 419 g/mol. The molecule has 1 aromatic heterocycles. The van der Waals surface area contributed by atoms with Crippen LogP contribution in [0.25, 0.3) is 22.4 Å². The third-order valence-corrected chi connectivity index (χ3v) is 5.43. The number of hydrogen-bond acceptors (Lipinski definition) is 3. The number of esters is 1. The zero-order valence-corrected chi connectivity index (χ0v) is 18.1. The number of benzene rings is 3. The molecule has 4 rings (SSSR count). The number of aromatic nitrogens is 2. The smallest absolute Gasteiger partial charge is 0.338 e. The van der Waals surface area contributed by atoms with Gasteiger partial charge in [0.15, 0.2) is 0 Å². The number of fused-ring (bicyclic) bond motifs is 1. The zero-order chi connectivity index (χ0) is 21.3. The highest BCUT2D eigenvalue weighted by molar-refractivity contribution is 6.42. The predicted molar refractivity (Wildman–Crippen MR) is 121 cm³/mol. The summed E-state index contributed by atoms with van der Waals surface area (Å²) in [5.41, 5.74) is 4.09. The molecule has 0 bridgehead atoms. The van der Waals surface area contributed by atoms with Crippen LogP contribution in [0.1, 0.15) is 29.8 Å². The van der Waals surface area contributed by atoms with E-state index in [4.69, 9.17) is 32.9 Å². The van der Waals surface area contributed by atoms with Crippen LogP contribution in [0.15, 0.2) is 66.7 Å². The lowest BCUT2D eigenvalue weighted by Gasteiger charge is -2.11. The Kier molecular flexibility index (Phi) is 5.80. The number of carbonyl (C=O) groups is 1. The van der Waals surface area contributed by atoms with Gasteiger partial charge in [0.2, 0.25) is 0 Å². The van der Waals surface area contributed by atoms with E-state index in [1.165, 1.54) is 0 Å². The second kappa shape index (κ2) is 8.50. The molecule has 152 valence electrons. The van der Waals surface area contributed by atoms with Gasteiger partial charge in [-0.3, -0.25) is 0 Å². The van der Waals surface area contributed by atoms with Crippen LogP contribution in [0.5, 0.6) is 0 Å². The second-order valence-electron chi connectivity index (χ2n) is 7.29. The van der Waals surface area contributed by atoms with E-state index in [1.807, 2.05) is 44.2 Å². The van der Waals surface area contributed by atoms with Gasteiger partial charge in [0, 0.05) is 12.1 Å². The van der Waals surface area contributed by atoms with Gasteiger partial charge in [0.1, 0.15) is 5.82 Å². The van der Waals surface area contributed by atoms with Crippen molar-refractivity contribution in [2.75, 3.05) is 0 Å². The minimum atomic E-state index is -0.361. The number of halogens is 2. The fraction of sp³-hybridized carbons (Fsp3) is 0.167. The van der Waals surface area contributed by atoms with E-state index in [0.717, 1.165) is 22.5 Å². The Morgan fingerprint density at radius 1 is 1.00 bits per heavy atom. The van der Waals surface area contributed by atoms with Crippen molar-refractivity contribution in [3.63, 3.8) is 0 Å². The zero-order valence-electron chi connectivity index (χ0n) is 16.6. The SMILES string of the molecule is CC(C)OC(=O)c1ccc2c(c1)nc(-c1ccc(Cl)c(Cl)c1)n2Cc1ccccc1. The van der Waals surface area contributed by atoms with E-state index < -0.39 is 0 Å². The van der Waals surface area contributed by atoms with Crippen molar-refractivity contribution in [2.45, 2.75) is 26.5 Å². The third kappa shape index (κ3) is 4.20. The fourth-order valence-corrected chi connectivity index (χ4v) is 3.62. The molecular formula is C24H20Cl2N2O2. The van der Waals surface area contributed by atoms with Crippen LogP contribution < -0.4 is 0 Å². The Balaban J connectivity index is 1.85.